The van der Waals surface area contributed by atoms with Crippen LogP contribution in [0.3, 0.4) is 0 Å². The lowest BCUT2D eigenvalue weighted by Crippen LogP contribution is -2.08. The fourth-order valence-electron chi connectivity index (χ4n) is 0.854. The van der Waals surface area contributed by atoms with Crippen LogP contribution in [0.25, 0.3) is 0 Å². The van der Waals surface area contributed by atoms with Crippen molar-refractivity contribution in [1.29, 1.82) is 0 Å². The molecule has 4 nitrogen and oxygen atoms in total. The average molecular weight is 184 g/mol. The number of ether oxygens (including phenoxy) is 1. The van der Waals surface area contributed by atoms with Gasteiger partial charge in [-0.05, 0) is 0 Å². The number of anilines is 1. The van der Waals surface area contributed by atoms with Crippen LogP contribution < -0.4 is 5.73 Å². The Morgan fingerprint density at radius 2 is 2.38 bits per heavy atom. The van der Waals surface area contributed by atoms with Crippen molar-refractivity contribution < 1.29 is 13.9 Å². The first kappa shape index (κ1) is 9.44. The molecule has 1 heterocycles. The van der Waals surface area contributed by atoms with E-state index in [2.05, 4.69) is 9.72 Å². The first-order valence-corrected chi connectivity index (χ1v) is 3.60. The van der Waals surface area contributed by atoms with E-state index in [1.54, 1.807) is 0 Å². The number of hydrogen-bond donors (Lipinski definition) is 1. The van der Waals surface area contributed by atoms with Crippen molar-refractivity contribution in [2.24, 2.45) is 0 Å². The van der Waals surface area contributed by atoms with Gasteiger partial charge in [0.25, 0.3) is 0 Å². The van der Waals surface area contributed by atoms with Gasteiger partial charge in [-0.1, -0.05) is 0 Å². The molecule has 0 unspecified atom stereocenters. The summed E-state index contributed by atoms with van der Waals surface area (Å²) in [5.74, 6) is -1.10. The Balaban J connectivity index is 2.89. The molecule has 0 radical (unpaired) electrons. The molecule has 0 spiro atoms. The summed E-state index contributed by atoms with van der Waals surface area (Å²) in [4.78, 5) is 14.4. The van der Waals surface area contributed by atoms with Gasteiger partial charge >= 0.3 is 5.97 Å². The van der Waals surface area contributed by atoms with Gasteiger partial charge in [0.1, 0.15) is 0 Å². The van der Waals surface area contributed by atoms with Crippen molar-refractivity contribution in [3.05, 3.63) is 23.8 Å². The highest BCUT2D eigenvalue weighted by molar-refractivity contribution is 5.74. The van der Waals surface area contributed by atoms with Gasteiger partial charge in [-0.2, -0.15) is 0 Å². The molecule has 0 saturated heterocycles. The number of carbonyl (C=O) groups excluding carboxylic acids is 1. The number of rotatable bonds is 2. The van der Waals surface area contributed by atoms with E-state index in [0.717, 1.165) is 6.20 Å². The van der Waals surface area contributed by atoms with Crippen LogP contribution in [0, 0.1) is 5.82 Å². The summed E-state index contributed by atoms with van der Waals surface area (Å²) in [6.07, 6.45) is 2.28. The maximum Gasteiger partial charge on any atom is 0.310 e. The first-order valence-electron chi connectivity index (χ1n) is 3.60. The number of pyridine rings is 1. The van der Waals surface area contributed by atoms with Gasteiger partial charge in [-0.3, -0.25) is 9.78 Å². The number of aromatic nitrogens is 1. The molecular weight excluding hydrogens is 175 g/mol. The van der Waals surface area contributed by atoms with Gasteiger partial charge in [0.2, 0.25) is 0 Å². The predicted molar refractivity (Wildman–Crippen MR) is 44.3 cm³/mol. The molecule has 0 fully saturated rings. The molecule has 70 valence electrons. The van der Waals surface area contributed by atoms with Crippen LogP contribution in [-0.2, 0) is 16.0 Å². The second kappa shape index (κ2) is 3.84. The monoisotopic (exact) mass is 184 g/mol. The predicted octanol–water partition coefficient (Wildman–Crippen LogP) is 0.518. The molecule has 0 saturated carbocycles. The minimum absolute atomic E-state index is 0.0552. The van der Waals surface area contributed by atoms with Crippen LogP contribution in [0.1, 0.15) is 5.56 Å². The zero-order valence-corrected chi connectivity index (χ0v) is 7.08. The molecule has 0 bridgehead atoms. The average Bonchev–Trinajstić information content (AvgIpc) is 2.13. The Bertz CT molecular complexity index is 328. The third kappa shape index (κ3) is 2.14. The fraction of sp³-hybridized carbons (Fsp3) is 0.250. The summed E-state index contributed by atoms with van der Waals surface area (Å²) in [5.41, 5.74) is 5.65. The van der Waals surface area contributed by atoms with Gasteiger partial charge in [0.15, 0.2) is 5.82 Å². The highest BCUT2D eigenvalue weighted by atomic mass is 19.1. The number of methoxy groups -OCH3 is 1. The van der Waals surface area contributed by atoms with Crippen LogP contribution in [0.4, 0.5) is 10.1 Å². The van der Waals surface area contributed by atoms with E-state index in [0.29, 0.717) is 5.56 Å². The van der Waals surface area contributed by atoms with Crippen molar-refractivity contribution in [2.45, 2.75) is 6.42 Å². The van der Waals surface area contributed by atoms with E-state index in [4.69, 9.17) is 5.73 Å². The Morgan fingerprint density at radius 3 is 3.00 bits per heavy atom. The van der Waals surface area contributed by atoms with E-state index in [-0.39, 0.29) is 12.1 Å². The first-order chi connectivity index (χ1) is 6.15. The molecule has 0 amide bonds. The molecule has 0 aliphatic carbocycles. The summed E-state index contributed by atoms with van der Waals surface area (Å²) in [7, 11) is 1.26. The maximum absolute atomic E-state index is 12.8. The third-order valence-electron chi connectivity index (χ3n) is 1.58. The minimum Gasteiger partial charge on any atom is -0.469 e. The van der Waals surface area contributed by atoms with Crippen LogP contribution in [0.5, 0.6) is 0 Å². The third-order valence-corrected chi connectivity index (χ3v) is 1.58. The molecule has 0 aliphatic rings. The molecule has 13 heavy (non-hydrogen) atoms. The fourth-order valence-corrected chi connectivity index (χ4v) is 0.854. The van der Waals surface area contributed by atoms with E-state index < -0.39 is 11.8 Å². The zero-order valence-electron chi connectivity index (χ0n) is 7.08. The van der Waals surface area contributed by atoms with Crippen molar-refractivity contribution in [2.75, 3.05) is 12.8 Å². The normalized spacial score (nSPS) is 9.69. The summed E-state index contributed by atoms with van der Waals surface area (Å²) in [6, 6.07) is 0. The van der Waals surface area contributed by atoms with Crippen molar-refractivity contribution in [3.63, 3.8) is 0 Å². The summed E-state index contributed by atoms with van der Waals surface area (Å²) >= 11 is 0. The number of nitrogens with zero attached hydrogens (tertiary/aromatic N) is 1. The molecule has 2 N–H and O–H groups in total. The standard InChI is InChI=1S/C8H9FN2O2/c1-13-7(12)2-5-3-11-4-6(9)8(5)10/h3-4H,2H2,1H3,(H2,10,11). The van der Waals surface area contributed by atoms with Gasteiger partial charge in [0, 0.05) is 11.8 Å². The summed E-state index contributed by atoms with van der Waals surface area (Å²) in [6.45, 7) is 0. The summed E-state index contributed by atoms with van der Waals surface area (Å²) < 4.78 is 17.2. The second-order valence-corrected chi connectivity index (χ2v) is 2.45. The molecular formula is C8H9FN2O2. The lowest BCUT2D eigenvalue weighted by Gasteiger charge is -2.03. The Kier molecular flexibility index (Phi) is 2.79. The maximum atomic E-state index is 12.8. The minimum atomic E-state index is -0.624. The van der Waals surface area contributed by atoms with Gasteiger partial charge in [0.05, 0.1) is 25.4 Å². The number of nitrogen functional groups attached to an aromatic ring is 1. The van der Waals surface area contributed by atoms with E-state index in [1.165, 1.54) is 13.3 Å². The van der Waals surface area contributed by atoms with Crippen molar-refractivity contribution in [3.8, 4) is 0 Å². The number of esters is 1. The van der Waals surface area contributed by atoms with E-state index in [1.807, 2.05) is 0 Å². The lowest BCUT2D eigenvalue weighted by molar-refractivity contribution is -0.139. The zero-order chi connectivity index (χ0) is 9.84. The Morgan fingerprint density at radius 1 is 1.69 bits per heavy atom. The number of nitrogens with two attached hydrogens (primary N) is 1. The van der Waals surface area contributed by atoms with E-state index in [9.17, 15) is 9.18 Å². The lowest BCUT2D eigenvalue weighted by atomic mass is 10.2. The Labute approximate surface area is 74.5 Å². The molecule has 1 rings (SSSR count). The Hall–Kier alpha value is -1.65. The summed E-state index contributed by atoms with van der Waals surface area (Å²) in [5, 5.41) is 0. The van der Waals surface area contributed by atoms with Crippen LogP contribution in [-0.4, -0.2) is 18.1 Å². The smallest absolute Gasteiger partial charge is 0.310 e. The van der Waals surface area contributed by atoms with Crippen LogP contribution in [0.15, 0.2) is 12.4 Å². The number of hydrogen-bond acceptors (Lipinski definition) is 4. The highest BCUT2D eigenvalue weighted by Gasteiger charge is 2.09. The van der Waals surface area contributed by atoms with Crippen LogP contribution in [0.2, 0.25) is 0 Å². The van der Waals surface area contributed by atoms with Crippen molar-refractivity contribution in [1.82, 2.24) is 4.98 Å². The van der Waals surface area contributed by atoms with E-state index >= 15 is 0 Å². The quantitative estimate of drug-likeness (QED) is 0.680. The highest BCUT2D eigenvalue weighted by Crippen LogP contribution is 2.14. The molecule has 5 heteroatoms. The second-order valence-electron chi connectivity index (χ2n) is 2.45. The van der Waals surface area contributed by atoms with Gasteiger partial charge < -0.3 is 10.5 Å². The number of carbonyl (C=O) groups is 1. The molecule has 0 aliphatic heterocycles. The van der Waals surface area contributed by atoms with Gasteiger partial charge in [-0.25, -0.2) is 4.39 Å². The topological polar surface area (TPSA) is 65.2 Å². The molecule has 1 aromatic heterocycles. The SMILES string of the molecule is COC(=O)Cc1cncc(F)c1N. The largest absolute Gasteiger partial charge is 0.469 e. The number of halogens is 1. The molecule has 0 atom stereocenters. The van der Waals surface area contributed by atoms with Crippen molar-refractivity contribution >= 4 is 11.7 Å². The molecule has 0 aromatic carbocycles. The molecule has 1 aromatic rings. The van der Waals surface area contributed by atoms with Crippen LogP contribution >= 0.6 is 0 Å². The van der Waals surface area contributed by atoms with Gasteiger partial charge in [-0.15, -0.1) is 0 Å².